The summed E-state index contributed by atoms with van der Waals surface area (Å²) in [5.41, 5.74) is -1.47. The highest BCUT2D eigenvalue weighted by atomic mass is 32.1. The third-order valence-electron chi connectivity index (χ3n) is 5.75. The molecule has 0 spiro atoms. The lowest BCUT2D eigenvalue weighted by Gasteiger charge is -2.51. The first-order valence-electron chi connectivity index (χ1n) is 9.39. The number of rotatable bonds is 5. The van der Waals surface area contributed by atoms with Gasteiger partial charge >= 0.3 is 0 Å². The average molecular weight is 409 g/mol. The molecule has 2 aromatic rings. The van der Waals surface area contributed by atoms with E-state index in [1.54, 1.807) is 17.5 Å². The van der Waals surface area contributed by atoms with Crippen molar-refractivity contribution >= 4 is 22.9 Å². The molecule has 2 saturated heterocycles. The van der Waals surface area contributed by atoms with Gasteiger partial charge in [0.2, 0.25) is 0 Å². The molecule has 148 valence electrons. The molecule has 2 aliphatic heterocycles. The quantitative estimate of drug-likeness (QED) is 0.789. The molecule has 0 aromatic carbocycles. The van der Waals surface area contributed by atoms with Crippen molar-refractivity contribution in [2.75, 3.05) is 26.2 Å². The predicted molar refractivity (Wildman–Crippen MR) is 108 cm³/mol. The van der Waals surface area contributed by atoms with Crippen molar-refractivity contribution in [2.45, 2.75) is 56.9 Å². The van der Waals surface area contributed by atoms with E-state index in [1.165, 1.54) is 16.4 Å². The number of β-amino-alcohol motifs (C(OH)–C–C–N with tert-alkyl or cyclic N) is 2. The third-order valence-corrected chi connectivity index (χ3v) is 7.90. The van der Waals surface area contributed by atoms with Gasteiger partial charge in [-0.15, -0.1) is 11.3 Å². The number of thiazole rings is 1. The number of nitrogens with zero attached hydrogens (tertiary/aromatic N) is 4. The highest BCUT2D eigenvalue weighted by molar-refractivity contribution is 7.11. The van der Waals surface area contributed by atoms with Gasteiger partial charge in [0.1, 0.15) is 16.2 Å². The number of aliphatic hydroxyl groups is 2. The highest BCUT2D eigenvalue weighted by Crippen LogP contribution is 2.39. The van der Waals surface area contributed by atoms with Crippen LogP contribution in [0.3, 0.4) is 0 Å². The van der Waals surface area contributed by atoms with Crippen LogP contribution in [0.5, 0.6) is 0 Å². The Morgan fingerprint density at radius 3 is 2.48 bits per heavy atom. The zero-order valence-corrected chi connectivity index (χ0v) is 18.0. The summed E-state index contributed by atoms with van der Waals surface area (Å²) in [6.07, 6.45) is 4.54. The molecule has 2 aliphatic rings. The van der Waals surface area contributed by atoms with Crippen molar-refractivity contribution in [2.24, 2.45) is 0 Å². The minimum Gasteiger partial charge on any atom is -0.382 e. The molecular weight excluding hydrogens is 380 g/mol. The van der Waals surface area contributed by atoms with E-state index in [-0.39, 0.29) is 5.54 Å². The van der Waals surface area contributed by atoms with Crippen LogP contribution in [-0.2, 0) is 17.6 Å². The smallest absolute Gasteiger partial charge is 0.141 e. The maximum Gasteiger partial charge on any atom is 0.141 e. The van der Waals surface area contributed by atoms with Crippen LogP contribution in [0.25, 0.3) is 0 Å². The molecule has 0 radical (unpaired) electrons. The molecule has 6 nitrogen and oxygen atoms in total. The summed E-state index contributed by atoms with van der Waals surface area (Å²) < 4.78 is 4.10. The van der Waals surface area contributed by atoms with E-state index < -0.39 is 11.2 Å². The fourth-order valence-corrected chi connectivity index (χ4v) is 5.54. The molecule has 8 heteroatoms. The van der Waals surface area contributed by atoms with Crippen molar-refractivity contribution in [3.8, 4) is 0 Å². The SMILES string of the molecule is CC(Cc1cnc(C2(O)CN(C(C)(C)C)C2)s1)N1CC(O)(c2ccns2)C1. The second kappa shape index (κ2) is 6.57. The lowest BCUT2D eigenvalue weighted by molar-refractivity contribution is -0.137. The molecule has 2 N–H and O–H groups in total. The van der Waals surface area contributed by atoms with E-state index in [9.17, 15) is 10.2 Å². The number of aromatic nitrogens is 2. The van der Waals surface area contributed by atoms with Crippen LogP contribution >= 0.6 is 22.9 Å². The Morgan fingerprint density at radius 2 is 1.89 bits per heavy atom. The Morgan fingerprint density at radius 1 is 1.19 bits per heavy atom. The van der Waals surface area contributed by atoms with Crippen molar-refractivity contribution in [1.29, 1.82) is 0 Å². The van der Waals surface area contributed by atoms with Crippen LogP contribution in [0.4, 0.5) is 0 Å². The van der Waals surface area contributed by atoms with Gasteiger partial charge in [0.15, 0.2) is 0 Å². The summed E-state index contributed by atoms with van der Waals surface area (Å²) in [5.74, 6) is 0. The van der Waals surface area contributed by atoms with Crippen LogP contribution in [0.1, 0.15) is 42.5 Å². The van der Waals surface area contributed by atoms with Crippen molar-refractivity contribution in [3.63, 3.8) is 0 Å². The first kappa shape index (κ1) is 19.4. The Labute approximate surface area is 168 Å². The normalized spacial score (nSPS) is 23.6. The van der Waals surface area contributed by atoms with Crippen LogP contribution in [0.2, 0.25) is 0 Å². The molecule has 2 fully saturated rings. The largest absolute Gasteiger partial charge is 0.382 e. The highest BCUT2D eigenvalue weighted by Gasteiger charge is 2.49. The van der Waals surface area contributed by atoms with Gasteiger partial charge in [0.25, 0.3) is 0 Å². The Balaban J connectivity index is 1.33. The summed E-state index contributed by atoms with van der Waals surface area (Å²) in [4.78, 5) is 11.2. The topological polar surface area (TPSA) is 72.7 Å². The zero-order chi connectivity index (χ0) is 19.4. The van der Waals surface area contributed by atoms with E-state index >= 15 is 0 Å². The van der Waals surface area contributed by atoms with Crippen molar-refractivity contribution in [1.82, 2.24) is 19.2 Å². The van der Waals surface area contributed by atoms with Gasteiger partial charge in [0.05, 0.1) is 4.88 Å². The molecule has 0 bridgehead atoms. The van der Waals surface area contributed by atoms with Crippen molar-refractivity contribution in [3.05, 3.63) is 33.2 Å². The molecule has 2 aromatic heterocycles. The number of likely N-dealkylation sites (tertiary alicyclic amines) is 2. The summed E-state index contributed by atoms with van der Waals surface area (Å²) in [5, 5.41) is 22.4. The van der Waals surface area contributed by atoms with E-state index in [1.807, 2.05) is 12.3 Å². The summed E-state index contributed by atoms with van der Waals surface area (Å²) >= 11 is 3.00. The van der Waals surface area contributed by atoms with Gasteiger partial charge in [-0.2, -0.15) is 0 Å². The lowest BCUT2D eigenvalue weighted by Crippen LogP contribution is -2.64. The summed E-state index contributed by atoms with van der Waals surface area (Å²) in [7, 11) is 0. The van der Waals surface area contributed by atoms with Gasteiger partial charge < -0.3 is 10.2 Å². The molecule has 0 amide bonds. The molecule has 1 unspecified atom stereocenters. The number of hydrogen-bond acceptors (Lipinski definition) is 8. The minimum atomic E-state index is -0.803. The van der Waals surface area contributed by atoms with Gasteiger partial charge in [-0.3, -0.25) is 9.80 Å². The monoisotopic (exact) mass is 408 g/mol. The van der Waals surface area contributed by atoms with Crippen LogP contribution in [0.15, 0.2) is 18.5 Å². The van der Waals surface area contributed by atoms with Gasteiger partial charge in [-0.05, 0) is 51.7 Å². The maximum atomic E-state index is 10.9. The molecule has 1 atom stereocenters. The van der Waals surface area contributed by atoms with Crippen molar-refractivity contribution < 1.29 is 10.2 Å². The maximum absolute atomic E-state index is 10.9. The van der Waals surface area contributed by atoms with Gasteiger partial charge in [-0.1, -0.05) is 0 Å². The van der Waals surface area contributed by atoms with E-state index in [0.29, 0.717) is 32.2 Å². The minimum absolute atomic E-state index is 0.0766. The fraction of sp³-hybridized carbons (Fsp3) is 0.684. The molecular formula is C19H28N4O2S2. The molecule has 0 saturated carbocycles. The Kier molecular flexibility index (Phi) is 4.73. The first-order chi connectivity index (χ1) is 12.6. The summed E-state index contributed by atoms with van der Waals surface area (Å²) in [6, 6.07) is 2.23. The number of hydrogen-bond donors (Lipinski definition) is 2. The average Bonchev–Trinajstić information content (AvgIpc) is 3.19. The van der Waals surface area contributed by atoms with Crippen LogP contribution in [0, 0.1) is 0 Å². The molecule has 27 heavy (non-hydrogen) atoms. The Hall–Kier alpha value is -0.900. The predicted octanol–water partition coefficient (Wildman–Crippen LogP) is 2.04. The van der Waals surface area contributed by atoms with E-state index in [4.69, 9.17) is 0 Å². The first-order valence-corrected chi connectivity index (χ1v) is 11.0. The van der Waals surface area contributed by atoms with E-state index in [0.717, 1.165) is 16.3 Å². The summed E-state index contributed by atoms with van der Waals surface area (Å²) in [6.45, 7) is 11.3. The van der Waals surface area contributed by atoms with E-state index in [2.05, 4.69) is 46.9 Å². The molecule has 0 aliphatic carbocycles. The third kappa shape index (κ3) is 3.59. The zero-order valence-electron chi connectivity index (χ0n) is 16.3. The van der Waals surface area contributed by atoms with Crippen LogP contribution < -0.4 is 0 Å². The second-order valence-electron chi connectivity index (χ2n) is 9.06. The van der Waals surface area contributed by atoms with Crippen LogP contribution in [-0.4, -0.2) is 67.1 Å². The van der Waals surface area contributed by atoms with Gasteiger partial charge in [0, 0.05) is 55.0 Å². The second-order valence-corrected chi connectivity index (χ2v) is 11.0. The Bertz CT molecular complexity index is 787. The van der Waals surface area contributed by atoms with Gasteiger partial charge in [-0.25, -0.2) is 9.36 Å². The molecule has 4 heterocycles. The standard InChI is InChI=1S/C19H28N4O2S2/c1-13(22-9-18(24,10-22)15-5-6-21-27-15)7-14-8-20-16(26-14)19(25)11-23(12-19)17(2,3)4/h5-6,8,13,24-25H,7,9-12H2,1-4H3. The lowest BCUT2D eigenvalue weighted by atomic mass is 9.89. The fourth-order valence-electron chi connectivity index (χ4n) is 3.78. The molecule has 4 rings (SSSR count).